The topological polar surface area (TPSA) is 97.8 Å². The number of aryl methyl sites for hydroxylation is 1. The number of hydrogen-bond donors (Lipinski definition) is 1. The third-order valence-electron chi connectivity index (χ3n) is 4.62. The maximum atomic E-state index is 12.9. The number of thiophene rings is 1. The largest absolute Gasteiger partial charge is 0.474 e. The summed E-state index contributed by atoms with van der Waals surface area (Å²) < 4.78 is 38.0. The summed E-state index contributed by atoms with van der Waals surface area (Å²) in [4.78, 5) is 17.9. The Morgan fingerprint density at radius 2 is 2.17 bits per heavy atom. The molecule has 1 saturated heterocycles. The standard InChI is InChI=1S/C19H25N3O5S2/c1-14-7-8-17(28-14)29(24,25)22-10-4-5-15(13-22)18(23)21-16-6-3-9-20-19(16)27-12-11-26-2/h3,6-9,15H,4-5,10-13H2,1-2H3,(H,21,23). The number of anilines is 1. The number of methoxy groups -OCH3 is 1. The molecular weight excluding hydrogens is 414 g/mol. The molecule has 1 atom stereocenters. The van der Waals surface area contributed by atoms with Gasteiger partial charge in [0.15, 0.2) is 0 Å². The number of nitrogens with zero attached hydrogens (tertiary/aromatic N) is 2. The van der Waals surface area contributed by atoms with E-state index in [2.05, 4.69) is 10.3 Å². The average Bonchev–Trinajstić information content (AvgIpc) is 3.17. The molecule has 158 valence electrons. The van der Waals surface area contributed by atoms with Gasteiger partial charge in [0.2, 0.25) is 11.8 Å². The highest BCUT2D eigenvalue weighted by atomic mass is 32.2. The summed E-state index contributed by atoms with van der Waals surface area (Å²) in [6.07, 6.45) is 2.84. The van der Waals surface area contributed by atoms with Gasteiger partial charge in [0, 0.05) is 31.3 Å². The van der Waals surface area contributed by atoms with Crippen molar-refractivity contribution in [2.45, 2.75) is 24.0 Å². The van der Waals surface area contributed by atoms with Gasteiger partial charge in [-0.05, 0) is 44.0 Å². The molecule has 0 spiro atoms. The van der Waals surface area contributed by atoms with E-state index in [9.17, 15) is 13.2 Å². The Balaban J connectivity index is 1.68. The molecule has 1 fully saturated rings. The molecule has 1 N–H and O–H groups in total. The van der Waals surface area contributed by atoms with E-state index in [1.807, 2.05) is 6.92 Å². The Labute approximate surface area is 174 Å². The fourth-order valence-corrected chi connectivity index (χ4v) is 6.07. The highest BCUT2D eigenvalue weighted by Crippen LogP contribution is 2.29. The summed E-state index contributed by atoms with van der Waals surface area (Å²) >= 11 is 1.25. The monoisotopic (exact) mass is 439 g/mol. The molecular formula is C19H25N3O5S2. The smallest absolute Gasteiger partial charge is 0.252 e. The van der Waals surface area contributed by atoms with Gasteiger partial charge in [-0.3, -0.25) is 4.79 Å². The summed E-state index contributed by atoms with van der Waals surface area (Å²) in [5.74, 6) is -0.365. The Bertz CT molecular complexity index is 945. The predicted molar refractivity (Wildman–Crippen MR) is 111 cm³/mol. The van der Waals surface area contributed by atoms with Crippen LogP contribution in [0.5, 0.6) is 5.88 Å². The van der Waals surface area contributed by atoms with Crippen LogP contribution in [0.4, 0.5) is 5.69 Å². The van der Waals surface area contributed by atoms with E-state index in [-0.39, 0.29) is 12.5 Å². The van der Waals surface area contributed by atoms with Gasteiger partial charge in [-0.15, -0.1) is 11.3 Å². The first-order valence-electron chi connectivity index (χ1n) is 9.36. The first-order valence-corrected chi connectivity index (χ1v) is 11.6. The fourth-order valence-electron chi connectivity index (χ4n) is 3.11. The third-order valence-corrected chi connectivity index (χ3v) is 7.95. The first kappa shape index (κ1) is 21.7. The zero-order chi connectivity index (χ0) is 20.9. The fraction of sp³-hybridized carbons (Fsp3) is 0.474. The van der Waals surface area contributed by atoms with Crippen molar-refractivity contribution < 1.29 is 22.7 Å². The second-order valence-corrected chi connectivity index (χ2v) is 10.2. The number of piperidine rings is 1. The zero-order valence-electron chi connectivity index (χ0n) is 16.5. The summed E-state index contributed by atoms with van der Waals surface area (Å²) in [6, 6.07) is 6.83. The second kappa shape index (κ2) is 9.66. The Morgan fingerprint density at radius 1 is 1.34 bits per heavy atom. The van der Waals surface area contributed by atoms with Crippen molar-refractivity contribution in [3.8, 4) is 5.88 Å². The molecule has 8 nitrogen and oxygen atoms in total. The molecule has 0 saturated carbocycles. The van der Waals surface area contributed by atoms with Gasteiger partial charge in [0.05, 0.1) is 12.5 Å². The van der Waals surface area contributed by atoms with Gasteiger partial charge < -0.3 is 14.8 Å². The minimum Gasteiger partial charge on any atom is -0.474 e. The van der Waals surface area contributed by atoms with Crippen LogP contribution in [0, 0.1) is 12.8 Å². The molecule has 1 unspecified atom stereocenters. The lowest BCUT2D eigenvalue weighted by molar-refractivity contribution is -0.120. The number of nitrogens with one attached hydrogen (secondary N) is 1. The number of aromatic nitrogens is 1. The number of hydrogen-bond acceptors (Lipinski definition) is 7. The van der Waals surface area contributed by atoms with Crippen LogP contribution in [-0.2, 0) is 19.6 Å². The normalized spacial score (nSPS) is 17.8. The van der Waals surface area contributed by atoms with Crippen molar-refractivity contribution >= 4 is 33.0 Å². The molecule has 29 heavy (non-hydrogen) atoms. The van der Waals surface area contributed by atoms with E-state index in [0.717, 1.165) is 4.88 Å². The van der Waals surface area contributed by atoms with Gasteiger partial charge in [-0.25, -0.2) is 13.4 Å². The second-order valence-electron chi connectivity index (χ2n) is 6.75. The quantitative estimate of drug-likeness (QED) is 0.635. The van der Waals surface area contributed by atoms with E-state index in [0.29, 0.717) is 48.4 Å². The zero-order valence-corrected chi connectivity index (χ0v) is 18.1. The first-order chi connectivity index (χ1) is 13.9. The molecule has 0 radical (unpaired) electrons. The van der Waals surface area contributed by atoms with Crippen molar-refractivity contribution in [2.24, 2.45) is 5.92 Å². The van der Waals surface area contributed by atoms with Gasteiger partial charge in [-0.1, -0.05) is 0 Å². The lowest BCUT2D eigenvalue weighted by Gasteiger charge is -2.30. The van der Waals surface area contributed by atoms with E-state index in [1.165, 1.54) is 15.6 Å². The number of sulfonamides is 1. The van der Waals surface area contributed by atoms with Crippen molar-refractivity contribution in [3.63, 3.8) is 0 Å². The SMILES string of the molecule is COCCOc1ncccc1NC(=O)C1CCCN(S(=O)(=O)c2ccc(C)s2)C1. The number of carbonyl (C=O) groups excluding carboxylic acids is 1. The van der Waals surface area contributed by atoms with Crippen molar-refractivity contribution in [3.05, 3.63) is 35.3 Å². The molecule has 3 rings (SSSR count). The highest BCUT2D eigenvalue weighted by Gasteiger charge is 2.34. The van der Waals surface area contributed by atoms with Gasteiger partial charge in [0.1, 0.15) is 16.5 Å². The van der Waals surface area contributed by atoms with Crippen LogP contribution < -0.4 is 10.1 Å². The van der Waals surface area contributed by atoms with Crippen molar-refractivity contribution in [1.82, 2.24) is 9.29 Å². The molecule has 0 aromatic carbocycles. The summed E-state index contributed by atoms with van der Waals surface area (Å²) in [5.41, 5.74) is 0.461. The van der Waals surface area contributed by atoms with Gasteiger partial charge >= 0.3 is 0 Å². The Morgan fingerprint density at radius 3 is 2.90 bits per heavy atom. The van der Waals surface area contributed by atoms with Crippen LogP contribution in [-0.4, -0.2) is 57.0 Å². The summed E-state index contributed by atoms with van der Waals surface area (Å²) in [5, 5.41) is 2.84. The van der Waals surface area contributed by atoms with E-state index in [1.54, 1.807) is 37.6 Å². The molecule has 0 bridgehead atoms. The lowest BCUT2D eigenvalue weighted by atomic mass is 9.99. The predicted octanol–water partition coefficient (Wildman–Crippen LogP) is 2.52. The molecule has 3 heterocycles. The lowest BCUT2D eigenvalue weighted by Crippen LogP contribution is -2.43. The van der Waals surface area contributed by atoms with Crippen LogP contribution >= 0.6 is 11.3 Å². The molecule has 10 heteroatoms. The highest BCUT2D eigenvalue weighted by molar-refractivity contribution is 7.91. The minimum atomic E-state index is -3.58. The van der Waals surface area contributed by atoms with Crippen LogP contribution in [0.1, 0.15) is 17.7 Å². The molecule has 2 aromatic heterocycles. The Kier molecular flexibility index (Phi) is 7.23. The van der Waals surface area contributed by atoms with Crippen LogP contribution in [0.2, 0.25) is 0 Å². The number of amides is 1. The van der Waals surface area contributed by atoms with E-state index >= 15 is 0 Å². The average molecular weight is 440 g/mol. The number of pyridine rings is 1. The van der Waals surface area contributed by atoms with Crippen LogP contribution in [0.3, 0.4) is 0 Å². The van der Waals surface area contributed by atoms with Crippen molar-refractivity contribution in [1.29, 1.82) is 0 Å². The Hall–Kier alpha value is -2.01. The third kappa shape index (κ3) is 5.33. The van der Waals surface area contributed by atoms with Gasteiger partial charge in [0.25, 0.3) is 10.0 Å². The molecule has 1 aliphatic heterocycles. The molecule has 2 aromatic rings. The maximum absolute atomic E-state index is 12.9. The van der Waals surface area contributed by atoms with E-state index in [4.69, 9.17) is 9.47 Å². The van der Waals surface area contributed by atoms with Crippen molar-refractivity contribution in [2.75, 3.05) is 38.7 Å². The summed E-state index contributed by atoms with van der Waals surface area (Å²) in [7, 11) is -2.01. The maximum Gasteiger partial charge on any atom is 0.252 e. The summed E-state index contributed by atoms with van der Waals surface area (Å²) in [6.45, 7) is 3.16. The number of rotatable bonds is 8. The molecule has 1 aliphatic rings. The molecule has 0 aliphatic carbocycles. The van der Waals surface area contributed by atoms with Crippen LogP contribution in [0.15, 0.2) is 34.7 Å². The number of ether oxygens (including phenoxy) is 2. The minimum absolute atomic E-state index is 0.158. The molecule has 1 amide bonds. The van der Waals surface area contributed by atoms with Crippen LogP contribution in [0.25, 0.3) is 0 Å². The van der Waals surface area contributed by atoms with Gasteiger partial charge in [-0.2, -0.15) is 4.31 Å². The van der Waals surface area contributed by atoms with E-state index < -0.39 is 15.9 Å². The number of carbonyl (C=O) groups is 1.